The van der Waals surface area contributed by atoms with Gasteiger partial charge in [-0.05, 0) is 17.7 Å². The van der Waals surface area contributed by atoms with Gasteiger partial charge in [0.05, 0.1) is 22.5 Å². The first-order valence-corrected chi connectivity index (χ1v) is 6.60. The Balaban J connectivity index is 2.61. The average Bonchev–Trinajstić information content (AvgIpc) is 2.47. The average molecular weight is 303 g/mol. The third kappa shape index (κ3) is 3.22. The molecule has 0 radical (unpaired) electrons. The summed E-state index contributed by atoms with van der Waals surface area (Å²) in [5.74, 6) is -0.600. The third-order valence-electron chi connectivity index (χ3n) is 3.07. The molecule has 0 atom stereocenters. The quantitative estimate of drug-likeness (QED) is 0.407. The lowest BCUT2D eigenvalue weighted by molar-refractivity contribution is -0.388. The molecule has 2 aromatic carbocycles. The van der Waals surface area contributed by atoms with Crippen molar-refractivity contribution in [3.63, 3.8) is 0 Å². The molecule has 0 bridgehead atoms. The first kappa shape index (κ1) is 15.1. The third-order valence-corrected chi connectivity index (χ3v) is 3.43. The topological polar surface area (TPSA) is 69.4 Å². The number of nitrogens with zero attached hydrogens (tertiary/aromatic N) is 1. The summed E-state index contributed by atoms with van der Waals surface area (Å²) in [4.78, 5) is 22.8. The van der Waals surface area contributed by atoms with Crippen molar-refractivity contribution >= 4 is 24.3 Å². The monoisotopic (exact) mass is 303 g/mol. The van der Waals surface area contributed by atoms with Crippen LogP contribution in [0.25, 0.3) is 0 Å². The molecule has 0 saturated carbocycles. The lowest BCUT2D eigenvalue weighted by Crippen LogP contribution is -2.09. The van der Waals surface area contributed by atoms with Gasteiger partial charge in [0.2, 0.25) is 0 Å². The van der Waals surface area contributed by atoms with Crippen LogP contribution in [-0.4, -0.2) is 18.0 Å². The fourth-order valence-electron chi connectivity index (χ4n) is 2.11. The number of methoxy groups -OCH3 is 1. The zero-order valence-electron chi connectivity index (χ0n) is 11.3. The molecular formula is C15H13NO4S. The van der Waals surface area contributed by atoms with E-state index in [1.165, 1.54) is 19.2 Å². The van der Waals surface area contributed by atoms with Gasteiger partial charge in [0.25, 0.3) is 5.69 Å². The molecule has 21 heavy (non-hydrogen) atoms. The van der Waals surface area contributed by atoms with Gasteiger partial charge in [-0.15, -0.1) is 12.6 Å². The number of benzene rings is 2. The van der Waals surface area contributed by atoms with Crippen LogP contribution in [-0.2, 0) is 11.2 Å². The van der Waals surface area contributed by atoms with Crippen LogP contribution in [0.4, 0.5) is 5.69 Å². The van der Waals surface area contributed by atoms with Gasteiger partial charge in [-0.3, -0.25) is 10.1 Å². The molecule has 0 N–H and O–H groups in total. The predicted octanol–water partition coefficient (Wildman–Crippen LogP) is 3.26. The highest BCUT2D eigenvalue weighted by atomic mass is 32.1. The van der Waals surface area contributed by atoms with Gasteiger partial charge < -0.3 is 4.74 Å². The van der Waals surface area contributed by atoms with Gasteiger partial charge in [-0.25, -0.2) is 4.79 Å². The van der Waals surface area contributed by atoms with Crippen LogP contribution in [0.15, 0.2) is 47.4 Å². The number of carbonyl (C=O) groups excluding carboxylic acids is 1. The molecule has 0 aliphatic rings. The number of hydrogen-bond donors (Lipinski definition) is 1. The first-order valence-electron chi connectivity index (χ1n) is 6.16. The summed E-state index contributed by atoms with van der Waals surface area (Å²) in [6.45, 7) is 0. The molecule has 108 valence electrons. The molecule has 0 amide bonds. The number of hydrogen-bond acceptors (Lipinski definition) is 5. The van der Waals surface area contributed by atoms with Crippen molar-refractivity contribution in [1.29, 1.82) is 0 Å². The summed E-state index contributed by atoms with van der Waals surface area (Å²) >= 11 is 4.12. The highest BCUT2D eigenvalue weighted by Crippen LogP contribution is 2.32. The van der Waals surface area contributed by atoms with E-state index in [1.54, 1.807) is 0 Å². The summed E-state index contributed by atoms with van der Waals surface area (Å²) in [7, 11) is 1.25. The fraction of sp³-hybridized carbons (Fsp3) is 0.133. The Morgan fingerprint density at radius 1 is 1.24 bits per heavy atom. The summed E-state index contributed by atoms with van der Waals surface area (Å²) in [6.07, 6.45) is 0.260. The minimum Gasteiger partial charge on any atom is -0.465 e. The Kier molecular flexibility index (Phi) is 4.59. The minimum atomic E-state index is -0.600. The number of carbonyl (C=O) groups is 1. The van der Waals surface area contributed by atoms with Crippen LogP contribution in [0.2, 0.25) is 0 Å². The smallest absolute Gasteiger partial charge is 0.338 e. The zero-order valence-corrected chi connectivity index (χ0v) is 12.2. The first-order chi connectivity index (χ1) is 10.0. The van der Waals surface area contributed by atoms with E-state index >= 15 is 0 Å². The molecule has 5 nitrogen and oxygen atoms in total. The van der Waals surface area contributed by atoms with Crippen LogP contribution >= 0.6 is 12.6 Å². The summed E-state index contributed by atoms with van der Waals surface area (Å²) in [5.41, 5.74) is 1.20. The molecule has 2 aromatic rings. The molecule has 2 rings (SSSR count). The van der Waals surface area contributed by atoms with Crippen LogP contribution in [0.5, 0.6) is 0 Å². The van der Waals surface area contributed by atoms with Crippen molar-refractivity contribution in [2.24, 2.45) is 0 Å². The summed E-state index contributed by atoms with van der Waals surface area (Å²) < 4.78 is 4.70. The second-order valence-corrected chi connectivity index (χ2v) is 4.85. The number of ether oxygens (including phenoxy) is 1. The Labute approximate surface area is 127 Å². The van der Waals surface area contributed by atoms with E-state index in [0.717, 1.165) is 5.56 Å². The van der Waals surface area contributed by atoms with Crippen molar-refractivity contribution < 1.29 is 14.5 Å². The van der Waals surface area contributed by atoms with Crippen molar-refractivity contribution in [3.05, 3.63) is 69.3 Å². The molecule has 0 spiro atoms. The SMILES string of the molecule is COC(=O)c1ccc(S)c([N+](=O)[O-])c1Cc1ccccc1. The molecule has 0 aliphatic heterocycles. The number of nitro benzene ring substituents is 1. The molecule has 6 heteroatoms. The van der Waals surface area contributed by atoms with E-state index in [2.05, 4.69) is 12.6 Å². The maximum Gasteiger partial charge on any atom is 0.338 e. The van der Waals surface area contributed by atoms with Crippen LogP contribution < -0.4 is 0 Å². The van der Waals surface area contributed by atoms with E-state index in [0.29, 0.717) is 5.56 Å². The number of thiol groups is 1. The Bertz CT molecular complexity index is 686. The van der Waals surface area contributed by atoms with Crippen LogP contribution in [0, 0.1) is 10.1 Å². The second-order valence-electron chi connectivity index (χ2n) is 4.37. The Morgan fingerprint density at radius 3 is 2.48 bits per heavy atom. The van der Waals surface area contributed by atoms with Crippen molar-refractivity contribution in [1.82, 2.24) is 0 Å². The van der Waals surface area contributed by atoms with Crippen LogP contribution in [0.3, 0.4) is 0 Å². The van der Waals surface area contributed by atoms with Crippen molar-refractivity contribution in [2.45, 2.75) is 11.3 Å². The molecule has 0 fully saturated rings. The predicted molar refractivity (Wildman–Crippen MR) is 80.9 cm³/mol. The summed E-state index contributed by atoms with van der Waals surface area (Å²) in [5, 5.41) is 11.3. The maximum absolute atomic E-state index is 11.8. The van der Waals surface area contributed by atoms with E-state index in [1.807, 2.05) is 30.3 Å². The van der Waals surface area contributed by atoms with E-state index in [4.69, 9.17) is 4.74 Å². The highest BCUT2D eigenvalue weighted by Gasteiger charge is 2.25. The zero-order chi connectivity index (χ0) is 15.4. The van der Waals surface area contributed by atoms with E-state index in [-0.39, 0.29) is 22.6 Å². The van der Waals surface area contributed by atoms with Gasteiger partial charge >= 0.3 is 5.97 Å². The van der Waals surface area contributed by atoms with Gasteiger partial charge in [-0.2, -0.15) is 0 Å². The normalized spacial score (nSPS) is 10.2. The fourth-order valence-corrected chi connectivity index (χ4v) is 2.40. The minimum absolute atomic E-state index is 0.162. The van der Waals surface area contributed by atoms with Crippen LogP contribution in [0.1, 0.15) is 21.5 Å². The number of nitro groups is 1. The van der Waals surface area contributed by atoms with Gasteiger partial charge in [0.1, 0.15) is 0 Å². The second kappa shape index (κ2) is 6.41. The van der Waals surface area contributed by atoms with E-state index < -0.39 is 10.9 Å². The number of esters is 1. The highest BCUT2D eigenvalue weighted by molar-refractivity contribution is 7.80. The van der Waals surface area contributed by atoms with Crippen molar-refractivity contribution in [3.8, 4) is 0 Å². The molecule has 0 saturated heterocycles. The van der Waals surface area contributed by atoms with Gasteiger partial charge in [0.15, 0.2) is 0 Å². The van der Waals surface area contributed by atoms with Gasteiger partial charge in [-0.1, -0.05) is 30.3 Å². The lowest BCUT2D eigenvalue weighted by Gasteiger charge is -2.10. The molecular weight excluding hydrogens is 290 g/mol. The molecule has 0 heterocycles. The molecule has 0 unspecified atom stereocenters. The largest absolute Gasteiger partial charge is 0.465 e. The lowest BCUT2D eigenvalue weighted by atomic mass is 9.98. The summed E-state index contributed by atoms with van der Waals surface area (Å²) in [6, 6.07) is 12.1. The molecule has 0 aromatic heterocycles. The number of rotatable bonds is 4. The Hall–Kier alpha value is -2.34. The van der Waals surface area contributed by atoms with Crippen molar-refractivity contribution in [2.75, 3.05) is 7.11 Å². The van der Waals surface area contributed by atoms with Gasteiger partial charge in [0, 0.05) is 12.0 Å². The standard InChI is InChI=1S/C15H13NO4S/c1-20-15(17)11-7-8-13(21)14(16(18)19)12(11)9-10-5-3-2-4-6-10/h2-8,21H,9H2,1H3. The van der Waals surface area contributed by atoms with E-state index in [9.17, 15) is 14.9 Å². The Morgan fingerprint density at radius 2 is 1.90 bits per heavy atom. The maximum atomic E-state index is 11.8. The molecule has 0 aliphatic carbocycles.